The summed E-state index contributed by atoms with van der Waals surface area (Å²) in [5.41, 5.74) is 0. The summed E-state index contributed by atoms with van der Waals surface area (Å²) in [7, 11) is -0.117. The summed E-state index contributed by atoms with van der Waals surface area (Å²) in [6.45, 7) is 1.89. The number of aromatic nitrogens is 1. The third-order valence-corrected chi connectivity index (χ3v) is 5.47. The smallest absolute Gasteiger partial charge is 0.244 e. The number of rotatable bonds is 6. The lowest BCUT2D eigenvalue weighted by molar-refractivity contribution is 0.415. The molecule has 1 atom stereocenters. The third-order valence-electron chi connectivity index (χ3n) is 2.70. The van der Waals surface area contributed by atoms with E-state index in [9.17, 15) is 8.42 Å². The molecule has 102 valence electrons. The lowest BCUT2D eigenvalue weighted by Crippen LogP contribution is -2.36. The number of nitrogens with one attached hydrogen (secondary N) is 1. The molecule has 1 aromatic heterocycles. The molecule has 1 aromatic rings. The number of thioether (sulfide) groups is 1. The van der Waals surface area contributed by atoms with Gasteiger partial charge in [0.1, 0.15) is 10.7 Å². The Labute approximate surface area is 113 Å². The summed E-state index contributed by atoms with van der Waals surface area (Å²) in [5.74, 6) is 1.41. The Morgan fingerprint density at radius 3 is 2.61 bits per heavy atom. The van der Waals surface area contributed by atoms with Gasteiger partial charge in [0.2, 0.25) is 10.0 Å². The molecule has 0 saturated carbocycles. The van der Waals surface area contributed by atoms with Crippen LogP contribution in [0.3, 0.4) is 0 Å². The van der Waals surface area contributed by atoms with Crippen LogP contribution in [-0.2, 0) is 10.0 Å². The van der Waals surface area contributed by atoms with E-state index in [-0.39, 0.29) is 10.9 Å². The molecule has 7 heteroatoms. The molecule has 1 unspecified atom stereocenters. The summed E-state index contributed by atoms with van der Waals surface area (Å²) in [4.78, 5) is 4.25. The fourth-order valence-electron chi connectivity index (χ4n) is 1.43. The number of sulfonamides is 1. The minimum atomic E-state index is -3.46. The molecular weight excluding hydrogens is 270 g/mol. The molecule has 0 aliphatic rings. The Morgan fingerprint density at radius 1 is 1.50 bits per heavy atom. The van der Waals surface area contributed by atoms with Crippen molar-refractivity contribution in [2.24, 2.45) is 0 Å². The van der Waals surface area contributed by atoms with Gasteiger partial charge in [0.05, 0.1) is 0 Å². The van der Waals surface area contributed by atoms with E-state index in [0.29, 0.717) is 5.82 Å². The van der Waals surface area contributed by atoms with Crippen LogP contribution in [0.15, 0.2) is 23.2 Å². The van der Waals surface area contributed by atoms with Crippen molar-refractivity contribution in [1.82, 2.24) is 9.29 Å². The summed E-state index contributed by atoms with van der Waals surface area (Å²) >= 11 is 1.62. The first-order valence-electron chi connectivity index (χ1n) is 5.54. The second kappa shape index (κ2) is 6.40. The molecule has 1 rings (SSSR count). The van der Waals surface area contributed by atoms with Gasteiger partial charge in [-0.2, -0.15) is 16.1 Å². The largest absolute Gasteiger partial charge is 0.373 e. The van der Waals surface area contributed by atoms with Gasteiger partial charge in [0.25, 0.3) is 0 Å². The van der Waals surface area contributed by atoms with Gasteiger partial charge in [0, 0.05) is 32.1 Å². The summed E-state index contributed by atoms with van der Waals surface area (Å²) < 4.78 is 26.0. The zero-order valence-electron chi connectivity index (χ0n) is 11.0. The van der Waals surface area contributed by atoms with E-state index >= 15 is 0 Å². The van der Waals surface area contributed by atoms with Gasteiger partial charge in [-0.15, -0.1) is 0 Å². The van der Waals surface area contributed by atoms with E-state index in [1.165, 1.54) is 10.5 Å². The van der Waals surface area contributed by atoms with Crippen LogP contribution in [0.1, 0.15) is 6.92 Å². The van der Waals surface area contributed by atoms with Crippen molar-refractivity contribution in [3.8, 4) is 0 Å². The fourth-order valence-corrected chi connectivity index (χ4v) is 3.54. The van der Waals surface area contributed by atoms with Crippen LogP contribution in [0.2, 0.25) is 0 Å². The van der Waals surface area contributed by atoms with Crippen molar-refractivity contribution in [3.63, 3.8) is 0 Å². The number of pyridine rings is 1. The Balaban J connectivity index is 2.97. The van der Waals surface area contributed by atoms with Crippen LogP contribution in [-0.4, -0.2) is 49.9 Å². The molecule has 5 nitrogen and oxygen atoms in total. The van der Waals surface area contributed by atoms with Gasteiger partial charge < -0.3 is 5.32 Å². The topological polar surface area (TPSA) is 62.3 Å². The quantitative estimate of drug-likeness (QED) is 0.860. The van der Waals surface area contributed by atoms with E-state index in [0.717, 1.165) is 5.75 Å². The van der Waals surface area contributed by atoms with E-state index < -0.39 is 10.0 Å². The average molecular weight is 289 g/mol. The van der Waals surface area contributed by atoms with Gasteiger partial charge in [-0.25, -0.2) is 13.4 Å². The SMILES string of the molecule is CNc1ccc(S(=O)(=O)N(C)C(C)CSC)cn1. The van der Waals surface area contributed by atoms with Crippen LogP contribution >= 0.6 is 11.8 Å². The van der Waals surface area contributed by atoms with Crippen LogP contribution < -0.4 is 5.32 Å². The number of anilines is 1. The maximum Gasteiger partial charge on any atom is 0.244 e. The second-order valence-corrected chi connectivity index (χ2v) is 6.86. The van der Waals surface area contributed by atoms with E-state index in [4.69, 9.17) is 0 Å². The van der Waals surface area contributed by atoms with E-state index in [2.05, 4.69) is 10.3 Å². The van der Waals surface area contributed by atoms with Crippen LogP contribution in [0.4, 0.5) is 5.82 Å². The van der Waals surface area contributed by atoms with Gasteiger partial charge in [0.15, 0.2) is 0 Å². The molecular formula is C11H19N3O2S2. The number of hydrogen-bond acceptors (Lipinski definition) is 5. The zero-order chi connectivity index (χ0) is 13.8. The Bertz CT molecular complexity index is 474. The van der Waals surface area contributed by atoms with Gasteiger partial charge in [-0.3, -0.25) is 0 Å². The molecule has 0 spiro atoms. The molecule has 0 amide bonds. The Kier molecular flexibility index (Phi) is 5.43. The number of hydrogen-bond donors (Lipinski definition) is 1. The molecule has 0 saturated heterocycles. The maximum atomic E-state index is 12.3. The predicted molar refractivity (Wildman–Crippen MR) is 76.6 cm³/mol. The van der Waals surface area contributed by atoms with Crippen molar-refractivity contribution in [1.29, 1.82) is 0 Å². The highest BCUT2D eigenvalue weighted by molar-refractivity contribution is 7.98. The highest BCUT2D eigenvalue weighted by Gasteiger charge is 2.25. The molecule has 0 radical (unpaired) electrons. The minimum Gasteiger partial charge on any atom is -0.373 e. The van der Waals surface area contributed by atoms with Crippen molar-refractivity contribution in [3.05, 3.63) is 18.3 Å². The third kappa shape index (κ3) is 3.37. The van der Waals surface area contributed by atoms with Crippen LogP contribution in [0.5, 0.6) is 0 Å². The summed E-state index contributed by atoms with van der Waals surface area (Å²) in [5, 5.41) is 2.86. The van der Waals surface area contributed by atoms with Gasteiger partial charge >= 0.3 is 0 Å². The first-order chi connectivity index (χ1) is 8.43. The molecule has 0 aliphatic heterocycles. The second-order valence-electron chi connectivity index (χ2n) is 3.95. The standard InChI is InChI=1S/C11H19N3O2S2/c1-9(8-17-4)14(3)18(15,16)10-5-6-11(12-2)13-7-10/h5-7,9H,8H2,1-4H3,(H,12,13). The Morgan fingerprint density at radius 2 is 2.17 bits per heavy atom. The normalized spacial score (nSPS) is 13.6. The molecule has 0 fully saturated rings. The highest BCUT2D eigenvalue weighted by Crippen LogP contribution is 2.18. The highest BCUT2D eigenvalue weighted by atomic mass is 32.2. The first kappa shape index (κ1) is 15.3. The van der Waals surface area contributed by atoms with Gasteiger partial charge in [-0.05, 0) is 25.3 Å². The molecule has 1 heterocycles. The molecule has 0 aromatic carbocycles. The Hall–Kier alpha value is -0.790. The van der Waals surface area contributed by atoms with Gasteiger partial charge in [-0.1, -0.05) is 0 Å². The molecule has 0 bridgehead atoms. The lowest BCUT2D eigenvalue weighted by Gasteiger charge is -2.23. The van der Waals surface area contributed by atoms with E-state index in [1.807, 2.05) is 13.2 Å². The molecule has 0 aliphatic carbocycles. The van der Waals surface area contributed by atoms with Crippen LogP contribution in [0, 0.1) is 0 Å². The average Bonchev–Trinajstić information content (AvgIpc) is 2.38. The van der Waals surface area contributed by atoms with Crippen molar-refractivity contribution >= 4 is 27.6 Å². The maximum absolute atomic E-state index is 12.3. The minimum absolute atomic E-state index is 0.0472. The summed E-state index contributed by atoms with van der Waals surface area (Å²) in [6.07, 6.45) is 3.34. The number of nitrogens with zero attached hydrogens (tertiary/aromatic N) is 2. The van der Waals surface area contributed by atoms with Crippen LogP contribution in [0.25, 0.3) is 0 Å². The van der Waals surface area contributed by atoms with E-state index in [1.54, 1.807) is 38.0 Å². The van der Waals surface area contributed by atoms with Crippen molar-refractivity contribution in [2.75, 3.05) is 31.4 Å². The van der Waals surface area contributed by atoms with Crippen molar-refractivity contribution in [2.45, 2.75) is 17.9 Å². The fraction of sp³-hybridized carbons (Fsp3) is 0.545. The zero-order valence-corrected chi connectivity index (χ0v) is 12.7. The molecule has 1 N–H and O–H groups in total. The van der Waals surface area contributed by atoms with Crippen molar-refractivity contribution < 1.29 is 8.42 Å². The predicted octanol–water partition coefficient (Wildman–Crippen LogP) is 1.50. The molecule has 18 heavy (non-hydrogen) atoms. The lowest BCUT2D eigenvalue weighted by atomic mass is 10.4. The monoisotopic (exact) mass is 289 g/mol. The first-order valence-corrected chi connectivity index (χ1v) is 8.37. The summed E-state index contributed by atoms with van der Waals surface area (Å²) in [6, 6.07) is 3.17.